The number of halogens is 1. The fourth-order valence-electron chi connectivity index (χ4n) is 8.32. The zero-order valence-corrected chi connectivity index (χ0v) is 22.0. The van der Waals surface area contributed by atoms with Crippen LogP contribution in [0.2, 0.25) is 0 Å². The molecule has 8 atom stereocenters. The molecule has 3 fully saturated rings. The lowest BCUT2D eigenvalue weighted by atomic mass is 9.44. The van der Waals surface area contributed by atoms with Gasteiger partial charge in [0.05, 0.1) is 6.10 Å². The van der Waals surface area contributed by atoms with Crippen molar-refractivity contribution in [2.24, 2.45) is 28.6 Å². The molecule has 1 N–H and O–H groups in total. The second-order valence-corrected chi connectivity index (χ2v) is 11.7. The van der Waals surface area contributed by atoms with Gasteiger partial charge in [0.15, 0.2) is 18.0 Å². The van der Waals surface area contributed by atoms with Crippen molar-refractivity contribution in [3.8, 4) is 0 Å². The van der Waals surface area contributed by atoms with Crippen molar-refractivity contribution in [3.05, 3.63) is 11.6 Å². The summed E-state index contributed by atoms with van der Waals surface area (Å²) in [4.78, 5) is 50.4. The number of ether oxygens (including phenoxy) is 2. The van der Waals surface area contributed by atoms with Crippen LogP contribution in [-0.2, 0) is 28.7 Å². The highest BCUT2D eigenvalue weighted by atomic mass is 19.1. The van der Waals surface area contributed by atoms with Gasteiger partial charge >= 0.3 is 11.9 Å². The monoisotopic (exact) mass is 506 g/mol. The van der Waals surface area contributed by atoms with Crippen LogP contribution in [-0.4, -0.2) is 52.6 Å². The number of carbonyl (C=O) groups is 4. The molecule has 0 aromatic rings. The van der Waals surface area contributed by atoms with Crippen molar-refractivity contribution in [1.29, 1.82) is 0 Å². The first-order valence-electron chi connectivity index (χ1n) is 13.3. The van der Waals surface area contributed by atoms with E-state index < -0.39 is 64.4 Å². The first-order valence-corrected chi connectivity index (χ1v) is 13.3. The first kappa shape index (κ1) is 27.0. The summed E-state index contributed by atoms with van der Waals surface area (Å²) >= 11 is 0. The average molecular weight is 507 g/mol. The van der Waals surface area contributed by atoms with E-state index in [4.69, 9.17) is 9.47 Å². The molecule has 0 saturated heterocycles. The molecular formula is C28H39FO7. The number of carbonyl (C=O) groups excluding carboxylic acids is 4. The van der Waals surface area contributed by atoms with Gasteiger partial charge in [0.2, 0.25) is 5.78 Å². The quantitative estimate of drug-likeness (QED) is 0.542. The van der Waals surface area contributed by atoms with Crippen LogP contribution in [0.15, 0.2) is 11.6 Å². The predicted octanol–water partition coefficient (Wildman–Crippen LogP) is 4.04. The Morgan fingerprint density at radius 1 is 1.11 bits per heavy atom. The number of ketones is 2. The van der Waals surface area contributed by atoms with E-state index >= 15 is 4.39 Å². The van der Waals surface area contributed by atoms with Crippen LogP contribution in [0.5, 0.6) is 0 Å². The third kappa shape index (κ3) is 3.46. The van der Waals surface area contributed by atoms with Crippen LogP contribution in [0, 0.1) is 28.6 Å². The molecule has 4 rings (SSSR count). The third-order valence-electron chi connectivity index (χ3n) is 10.3. The van der Waals surface area contributed by atoms with Gasteiger partial charge in [-0.1, -0.05) is 40.2 Å². The van der Waals surface area contributed by atoms with E-state index in [1.54, 1.807) is 20.8 Å². The maximum atomic E-state index is 17.4. The Morgan fingerprint density at radius 3 is 2.42 bits per heavy atom. The van der Waals surface area contributed by atoms with E-state index in [1.807, 2.05) is 13.8 Å². The summed E-state index contributed by atoms with van der Waals surface area (Å²) in [5, 5.41) is 11.0. The highest BCUT2D eigenvalue weighted by molar-refractivity contribution is 5.94. The van der Waals surface area contributed by atoms with E-state index in [-0.39, 0.29) is 43.8 Å². The molecule has 0 aromatic carbocycles. The van der Waals surface area contributed by atoms with Gasteiger partial charge in [0.1, 0.15) is 5.67 Å². The molecule has 8 unspecified atom stereocenters. The van der Waals surface area contributed by atoms with Crippen molar-refractivity contribution in [1.82, 2.24) is 0 Å². The summed E-state index contributed by atoms with van der Waals surface area (Å²) in [5.41, 5.74) is -4.66. The van der Waals surface area contributed by atoms with Gasteiger partial charge < -0.3 is 14.6 Å². The minimum atomic E-state index is -1.76. The Labute approximate surface area is 212 Å². The summed E-state index contributed by atoms with van der Waals surface area (Å²) in [6, 6.07) is 0. The maximum Gasteiger partial charge on any atom is 0.306 e. The Bertz CT molecular complexity index is 1010. The van der Waals surface area contributed by atoms with Gasteiger partial charge in [0.25, 0.3) is 0 Å². The number of alkyl halides is 1. The molecule has 0 heterocycles. The number of aliphatic hydroxyl groups excluding tert-OH is 1. The number of esters is 2. The predicted molar refractivity (Wildman–Crippen MR) is 128 cm³/mol. The van der Waals surface area contributed by atoms with Crippen molar-refractivity contribution in [2.75, 3.05) is 6.61 Å². The molecule has 0 bridgehead atoms. The summed E-state index contributed by atoms with van der Waals surface area (Å²) < 4.78 is 28.6. The number of Topliss-reactive ketones (excluding diaryl/α,β-unsaturated/α-hetero) is 1. The topological polar surface area (TPSA) is 107 Å². The van der Waals surface area contributed by atoms with E-state index in [0.717, 1.165) is 0 Å². The number of aliphatic hydroxyl groups is 1. The second kappa shape index (κ2) is 9.03. The normalized spacial score (nSPS) is 43.5. The van der Waals surface area contributed by atoms with Gasteiger partial charge in [-0.15, -0.1) is 0 Å². The molecule has 0 amide bonds. The van der Waals surface area contributed by atoms with Gasteiger partial charge in [-0.05, 0) is 50.0 Å². The zero-order valence-electron chi connectivity index (χ0n) is 22.0. The molecule has 7 nitrogen and oxygen atoms in total. The molecule has 0 aromatic heterocycles. The summed E-state index contributed by atoms with van der Waals surface area (Å²) in [6.45, 7) is 8.31. The van der Waals surface area contributed by atoms with Gasteiger partial charge in [-0.2, -0.15) is 0 Å². The molecule has 36 heavy (non-hydrogen) atoms. The summed E-state index contributed by atoms with van der Waals surface area (Å²) in [6.07, 6.45) is 2.32. The van der Waals surface area contributed by atoms with Gasteiger partial charge in [-0.3, -0.25) is 19.2 Å². The Kier molecular flexibility index (Phi) is 6.76. The lowest BCUT2D eigenvalue weighted by Gasteiger charge is -2.63. The minimum absolute atomic E-state index is 0.0733. The van der Waals surface area contributed by atoms with Crippen LogP contribution in [0.1, 0.15) is 86.0 Å². The van der Waals surface area contributed by atoms with Gasteiger partial charge in [0, 0.05) is 36.0 Å². The molecule has 0 radical (unpaired) electrons. The fourth-order valence-corrected chi connectivity index (χ4v) is 8.32. The van der Waals surface area contributed by atoms with Gasteiger partial charge in [-0.25, -0.2) is 4.39 Å². The maximum absolute atomic E-state index is 17.4. The number of hydrogen-bond acceptors (Lipinski definition) is 7. The average Bonchev–Trinajstić information content (AvgIpc) is 3.06. The lowest BCUT2D eigenvalue weighted by molar-refractivity contribution is -0.213. The standard InChI is InChI=1S/C28H39FO7/c1-6-23(33)35-15-22(32)28(36-24(34)7-2)16(3)12-20-19-9-8-17-13-18(30)14-21(31)26(17,5)27(19,29)11-10-25(20,28)4/h13,16,19-21,31H,6-12,14-15H2,1-5H3. The molecule has 4 aliphatic rings. The Hall–Kier alpha value is -2.09. The van der Waals surface area contributed by atoms with Crippen LogP contribution >= 0.6 is 0 Å². The molecule has 200 valence electrons. The highest BCUT2D eigenvalue weighted by Crippen LogP contribution is 2.72. The van der Waals surface area contributed by atoms with E-state index in [9.17, 15) is 24.3 Å². The van der Waals surface area contributed by atoms with Crippen molar-refractivity contribution >= 4 is 23.5 Å². The fraction of sp³-hybridized carbons (Fsp3) is 0.786. The smallest absolute Gasteiger partial charge is 0.306 e. The third-order valence-corrected chi connectivity index (χ3v) is 10.3. The van der Waals surface area contributed by atoms with Crippen LogP contribution in [0.4, 0.5) is 4.39 Å². The highest BCUT2D eigenvalue weighted by Gasteiger charge is 2.75. The summed E-state index contributed by atoms with van der Waals surface area (Å²) in [7, 11) is 0. The largest absolute Gasteiger partial charge is 0.457 e. The van der Waals surface area contributed by atoms with E-state index in [2.05, 4.69) is 0 Å². The Balaban J connectivity index is 1.77. The number of hydrogen-bond donors (Lipinski definition) is 1. The number of fused-ring (bicyclic) bond motifs is 5. The van der Waals surface area contributed by atoms with Crippen LogP contribution in [0.3, 0.4) is 0 Å². The zero-order chi connectivity index (χ0) is 26.7. The molecule has 3 saturated carbocycles. The van der Waals surface area contributed by atoms with Crippen LogP contribution in [0.25, 0.3) is 0 Å². The van der Waals surface area contributed by atoms with E-state index in [0.29, 0.717) is 24.8 Å². The molecule has 0 spiro atoms. The van der Waals surface area contributed by atoms with E-state index in [1.165, 1.54) is 6.08 Å². The molecule has 8 heteroatoms. The second-order valence-electron chi connectivity index (χ2n) is 11.7. The Morgan fingerprint density at radius 2 is 1.78 bits per heavy atom. The molecule has 4 aliphatic carbocycles. The summed E-state index contributed by atoms with van der Waals surface area (Å²) in [5.74, 6) is -2.83. The van der Waals surface area contributed by atoms with Crippen molar-refractivity contribution in [2.45, 2.75) is 103 Å². The molecular weight excluding hydrogens is 467 g/mol. The lowest BCUT2D eigenvalue weighted by Crippen LogP contribution is -2.67. The van der Waals surface area contributed by atoms with Crippen molar-refractivity contribution in [3.63, 3.8) is 0 Å². The van der Waals surface area contributed by atoms with Crippen LogP contribution < -0.4 is 0 Å². The first-order chi connectivity index (χ1) is 16.8. The SMILES string of the molecule is CCC(=O)OCC(=O)C1(OC(=O)CC)C(C)CC2C3CCC4=CC(=O)CC(O)C4(C)C3(F)CCC21C. The number of rotatable bonds is 6. The minimum Gasteiger partial charge on any atom is -0.457 e. The van der Waals surface area contributed by atoms with Crippen molar-refractivity contribution < 1.29 is 38.1 Å². The molecule has 0 aliphatic heterocycles.